The van der Waals surface area contributed by atoms with E-state index in [0.717, 1.165) is 5.56 Å². The van der Waals surface area contributed by atoms with Crippen LogP contribution in [0.5, 0.6) is 0 Å². The predicted molar refractivity (Wildman–Crippen MR) is 67.1 cm³/mol. The Kier molecular flexibility index (Phi) is 2.84. The van der Waals surface area contributed by atoms with Crippen molar-refractivity contribution in [2.45, 2.75) is 6.92 Å². The summed E-state index contributed by atoms with van der Waals surface area (Å²) in [6, 6.07) is 4.77. The summed E-state index contributed by atoms with van der Waals surface area (Å²) in [7, 11) is 0. The molecular weight excluding hydrogens is 288 g/mol. The molecule has 17 heavy (non-hydrogen) atoms. The first kappa shape index (κ1) is 11.6. The molecule has 0 spiro atoms. The van der Waals surface area contributed by atoms with Crippen LogP contribution in [-0.2, 0) is 0 Å². The Morgan fingerprint density at radius 1 is 1.53 bits per heavy atom. The summed E-state index contributed by atoms with van der Waals surface area (Å²) in [5, 5.41) is 15.0. The van der Waals surface area contributed by atoms with Crippen LogP contribution in [0.3, 0.4) is 0 Å². The van der Waals surface area contributed by atoms with Gasteiger partial charge < -0.3 is 5.73 Å². The Labute approximate surface area is 105 Å². The van der Waals surface area contributed by atoms with Gasteiger partial charge in [0, 0.05) is 22.3 Å². The van der Waals surface area contributed by atoms with Crippen molar-refractivity contribution in [2.24, 2.45) is 0 Å². The van der Waals surface area contributed by atoms with Crippen LogP contribution < -0.4 is 5.73 Å². The van der Waals surface area contributed by atoms with E-state index in [1.165, 1.54) is 10.7 Å². The molecule has 0 radical (unpaired) electrons. The van der Waals surface area contributed by atoms with Gasteiger partial charge in [0.1, 0.15) is 11.5 Å². The maximum absolute atomic E-state index is 11.0. The molecule has 88 valence electrons. The molecule has 0 aliphatic carbocycles. The van der Waals surface area contributed by atoms with Gasteiger partial charge >= 0.3 is 0 Å². The Morgan fingerprint density at radius 3 is 2.76 bits per heavy atom. The number of nitrogens with two attached hydrogens (primary N) is 1. The van der Waals surface area contributed by atoms with Gasteiger partial charge in [-0.3, -0.25) is 10.1 Å². The van der Waals surface area contributed by atoms with Gasteiger partial charge in [-0.15, -0.1) is 0 Å². The first-order valence-electron chi connectivity index (χ1n) is 4.75. The predicted octanol–water partition coefficient (Wildman–Crippen LogP) is 2.43. The summed E-state index contributed by atoms with van der Waals surface area (Å²) in [4.78, 5) is 10.5. The Balaban J connectivity index is 2.62. The number of nitrogen functional groups attached to an aromatic ring is 1. The SMILES string of the molecule is Cc1cn(-c2ccc(Br)cc2[N+](=O)[O-])nc1N. The average molecular weight is 297 g/mol. The maximum atomic E-state index is 11.0. The number of nitro benzene ring substituents is 1. The number of halogens is 1. The van der Waals surface area contributed by atoms with E-state index in [1.807, 2.05) is 0 Å². The fourth-order valence-corrected chi connectivity index (χ4v) is 1.78. The van der Waals surface area contributed by atoms with E-state index >= 15 is 0 Å². The molecule has 0 aliphatic rings. The van der Waals surface area contributed by atoms with Crippen LogP contribution >= 0.6 is 15.9 Å². The molecule has 0 amide bonds. The third kappa shape index (κ3) is 2.14. The van der Waals surface area contributed by atoms with E-state index in [2.05, 4.69) is 21.0 Å². The summed E-state index contributed by atoms with van der Waals surface area (Å²) >= 11 is 3.20. The Bertz CT molecular complexity index is 574. The zero-order valence-corrected chi connectivity index (χ0v) is 10.5. The van der Waals surface area contributed by atoms with Crippen molar-refractivity contribution in [2.75, 3.05) is 5.73 Å². The van der Waals surface area contributed by atoms with Crippen molar-refractivity contribution in [3.05, 3.63) is 44.5 Å². The smallest absolute Gasteiger partial charge is 0.295 e. The van der Waals surface area contributed by atoms with Crippen LogP contribution in [0, 0.1) is 17.0 Å². The van der Waals surface area contributed by atoms with E-state index in [-0.39, 0.29) is 5.69 Å². The van der Waals surface area contributed by atoms with Crippen LogP contribution in [0.25, 0.3) is 5.69 Å². The summed E-state index contributed by atoms with van der Waals surface area (Å²) in [5.74, 6) is 0.363. The topological polar surface area (TPSA) is 87.0 Å². The van der Waals surface area contributed by atoms with Crippen molar-refractivity contribution in [1.82, 2.24) is 9.78 Å². The number of rotatable bonds is 2. The van der Waals surface area contributed by atoms with E-state index in [1.54, 1.807) is 25.3 Å². The van der Waals surface area contributed by atoms with Gasteiger partial charge in [0.15, 0.2) is 0 Å². The number of nitrogens with zero attached hydrogens (tertiary/aromatic N) is 3. The molecule has 0 saturated heterocycles. The summed E-state index contributed by atoms with van der Waals surface area (Å²) < 4.78 is 2.06. The number of hydrogen-bond donors (Lipinski definition) is 1. The monoisotopic (exact) mass is 296 g/mol. The van der Waals surface area contributed by atoms with Gasteiger partial charge in [-0.25, -0.2) is 4.68 Å². The van der Waals surface area contributed by atoms with Crippen LogP contribution in [0.4, 0.5) is 11.5 Å². The number of aromatic nitrogens is 2. The first-order chi connectivity index (χ1) is 7.99. The van der Waals surface area contributed by atoms with Gasteiger partial charge in [0.05, 0.1) is 4.92 Å². The molecule has 0 aliphatic heterocycles. The first-order valence-corrected chi connectivity index (χ1v) is 5.54. The Morgan fingerprint density at radius 2 is 2.24 bits per heavy atom. The molecular formula is C10H9BrN4O2. The lowest BCUT2D eigenvalue weighted by Crippen LogP contribution is -2.01. The summed E-state index contributed by atoms with van der Waals surface area (Å²) in [5.41, 5.74) is 6.76. The number of benzene rings is 1. The number of aryl methyl sites for hydroxylation is 1. The molecule has 1 aromatic heterocycles. The molecule has 1 heterocycles. The second-order valence-electron chi connectivity index (χ2n) is 3.53. The molecule has 0 unspecified atom stereocenters. The normalized spacial score (nSPS) is 10.5. The highest BCUT2D eigenvalue weighted by Crippen LogP contribution is 2.27. The minimum absolute atomic E-state index is 0.0260. The number of nitro groups is 1. The second kappa shape index (κ2) is 4.17. The maximum Gasteiger partial charge on any atom is 0.295 e. The zero-order valence-electron chi connectivity index (χ0n) is 8.92. The molecule has 2 aromatic rings. The largest absolute Gasteiger partial charge is 0.382 e. The van der Waals surface area contributed by atoms with E-state index in [9.17, 15) is 10.1 Å². The van der Waals surface area contributed by atoms with Gasteiger partial charge in [-0.1, -0.05) is 15.9 Å². The summed E-state index contributed by atoms with van der Waals surface area (Å²) in [6.07, 6.45) is 1.66. The van der Waals surface area contributed by atoms with E-state index < -0.39 is 4.92 Å². The van der Waals surface area contributed by atoms with Gasteiger partial charge in [-0.2, -0.15) is 5.10 Å². The lowest BCUT2D eigenvalue weighted by atomic mass is 10.2. The molecule has 7 heteroatoms. The van der Waals surface area contributed by atoms with E-state index in [0.29, 0.717) is 16.0 Å². The second-order valence-corrected chi connectivity index (χ2v) is 4.45. The minimum atomic E-state index is -0.451. The molecule has 2 rings (SSSR count). The van der Waals surface area contributed by atoms with Crippen molar-refractivity contribution >= 4 is 27.4 Å². The van der Waals surface area contributed by atoms with Crippen molar-refractivity contribution in [1.29, 1.82) is 0 Å². The highest BCUT2D eigenvalue weighted by molar-refractivity contribution is 9.10. The fraction of sp³-hybridized carbons (Fsp3) is 0.100. The number of hydrogen-bond acceptors (Lipinski definition) is 4. The van der Waals surface area contributed by atoms with Gasteiger partial charge in [0.25, 0.3) is 5.69 Å². The quantitative estimate of drug-likeness (QED) is 0.681. The average Bonchev–Trinajstić information content (AvgIpc) is 2.59. The fourth-order valence-electron chi connectivity index (χ4n) is 1.43. The van der Waals surface area contributed by atoms with E-state index in [4.69, 9.17) is 5.73 Å². The van der Waals surface area contributed by atoms with Crippen LogP contribution in [0.15, 0.2) is 28.9 Å². The molecule has 0 saturated carbocycles. The zero-order chi connectivity index (χ0) is 12.6. The standard InChI is InChI=1S/C10H9BrN4O2/c1-6-5-14(13-10(6)12)8-3-2-7(11)4-9(8)15(16)17/h2-5H,1H3,(H2,12,13). The molecule has 1 aromatic carbocycles. The van der Waals surface area contributed by atoms with Gasteiger partial charge in [-0.05, 0) is 19.1 Å². The molecule has 0 bridgehead atoms. The molecule has 2 N–H and O–H groups in total. The minimum Gasteiger partial charge on any atom is -0.382 e. The van der Waals surface area contributed by atoms with Gasteiger partial charge in [0.2, 0.25) is 0 Å². The third-order valence-electron chi connectivity index (χ3n) is 2.32. The highest BCUT2D eigenvalue weighted by atomic mass is 79.9. The van der Waals surface area contributed by atoms with Crippen LogP contribution in [0.2, 0.25) is 0 Å². The molecule has 0 fully saturated rings. The van der Waals surface area contributed by atoms with Crippen molar-refractivity contribution in [3.8, 4) is 5.69 Å². The van der Waals surface area contributed by atoms with Crippen LogP contribution in [-0.4, -0.2) is 14.7 Å². The summed E-state index contributed by atoms with van der Waals surface area (Å²) in [6.45, 7) is 1.80. The lowest BCUT2D eigenvalue weighted by Gasteiger charge is -2.02. The van der Waals surface area contributed by atoms with Crippen molar-refractivity contribution < 1.29 is 4.92 Å². The Hall–Kier alpha value is -1.89. The van der Waals surface area contributed by atoms with Crippen molar-refractivity contribution in [3.63, 3.8) is 0 Å². The third-order valence-corrected chi connectivity index (χ3v) is 2.81. The molecule has 6 nitrogen and oxygen atoms in total. The van der Waals surface area contributed by atoms with Crippen LogP contribution in [0.1, 0.15) is 5.56 Å². The lowest BCUT2D eigenvalue weighted by molar-refractivity contribution is -0.384. The highest BCUT2D eigenvalue weighted by Gasteiger charge is 2.17. The number of anilines is 1. The molecule has 0 atom stereocenters.